The normalized spacial score (nSPS) is 19.2. The maximum Gasteiger partial charge on any atom is 0.323 e. The number of carbonyl (C=O) groups is 2. The molecule has 5 nitrogen and oxygen atoms in total. The van der Waals surface area contributed by atoms with Crippen LogP contribution in [0.3, 0.4) is 0 Å². The lowest BCUT2D eigenvalue weighted by molar-refractivity contribution is -0.144. The van der Waals surface area contributed by atoms with Crippen LogP contribution in [0, 0.1) is 5.92 Å². The molecule has 0 saturated carbocycles. The van der Waals surface area contributed by atoms with Crippen molar-refractivity contribution in [3.63, 3.8) is 0 Å². The van der Waals surface area contributed by atoms with Gasteiger partial charge in [0.05, 0.1) is 0 Å². The van der Waals surface area contributed by atoms with Crippen LogP contribution < -0.4 is 5.32 Å². The molecule has 0 spiro atoms. The van der Waals surface area contributed by atoms with Gasteiger partial charge in [0, 0.05) is 13.0 Å². The van der Waals surface area contributed by atoms with Gasteiger partial charge in [-0.05, 0) is 38.3 Å². The summed E-state index contributed by atoms with van der Waals surface area (Å²) in [4.78, 5) is 24.0. The highest BCUT2D eigenvalue weighted by Crippen LogP contribution is 2.15. The Balaban J connectivity index is 2.32. The van der Waals surface area contributed by atoms with E-state index in [0.29, 0.717) is 18.9 Å². The molecule has 17 heavy (non-hydrogen) atoms. The van der Waals surface area contributed by atoms with Crippen LogP contribution in [-0.2, 0) is 9.59 Å². The molecule has 98 valence electrons. The van der Waals surface area contributed by atoms with E-state index in [1.54, 1.807) is 0 Å². The third-order valence-electron chi connectivity index (χ3n) is 3.10. The molecule has 1 aliphatic heterocycles. The minimum absolute atomic E-state index is 0.0267. The van der Waals surface area contributed by atoms with Gasteiger partial charge in [-0.2, -0.15) is 0 Å². The average molecular weight is 242 g/mol. The summed E-state index contributed by atoms with van der Waals surface area (Å²) in [5.74, 6) is -0.386. The van der Waals surface area contributed by atoms with Crippen molar-refractivity contribution in [1.29, 1.82) is 0 Å². The quantitative estimate of drug-likeness (QED) is 0.689. The molecule has 0 aromatic rings. The van der Waals surface area contributed by atoms with E-state index in [-0.39, 0.29) is 12.5 Å². The summed E-state index contributed by atoms with van der Waals surface area (Å²) in [5.41, 5.74) is 0. The topological polar surface area (TPSA) is 69.6 Å². The highest BCUT2D eigenvalue weighted by molar-refractivity contribution is 5.81. The van der Waals surface area contributed by atoms with Gasteiger partial charge < -0.3 is 15.3 Å². The Morgan fingerprint density at radius 1 is 1.47 bits per heavy atom. The molecule has 0 aromatic carbocycles. The van der Waals surface area contributed by atoms with Gasteiger partial charge in [0.1, 0.15) is 6.54 Å². The van der Waals surface area contributed by atoms with E-state index < -0.39 is 5.97 Å². The smallest absolute Gasteiger partial charge is 0.323 e. The van der Waals surface area contributed by atoms with Crippen LogP contribution in [0.2, 0.25) is 0 Å². The molecule has 5 heteroatoms. The van der Waals surface area contributed by atoms with Gasteiger partial charge >= 0.3 is 5.97 Å². The number of nitrogens with one attached hydrogen (secondary N) is 1. The van der Waals surface area contributed by atoms with Crippen molar-refractivity contribution >= 4 is 11.9 Å². The summed E-state index contributed by atoms with van der Waals surface area (Å²) in [6.07, 6.45) is 3.26. The Morgan fingerprint density at radius 3 is 2.76 bits per heavy atom. The summed E-state index contributed by atoms with van der Waals surface area (Å²) in [5, 5.41) is 12.0. The average Bonchev–Trinajstić information content (AvgIpc) is 2.77. The second-order valence-electron chi connectivity index (χ2n) is 4.61. The molecular weight excluding hydrogens is 220 g/mol. The van der Waals surface area contributed by atoms with E-state index in [4.69, 9.17) is 5.11 Å². The third-order valence-corrected chi connectivity index (χ3v) is 3.10. The van der Waals surface area contributed by atoms with Crippen LogP contribution in [0.15, 0.2) is 0 Å². The first kappa shape index (κ1) is 14.0. The van der Waals surface area contributed by atoms with E-state index >= 15 is 0 Å². The van der Waals surface area contributed by atoms with Crippen LogP contribution in [0.5, 0.6) is 0 Å². The summed E-state index contributed by atoms with van der Waals surface area (Å²) in [6.45, 7) is 4.33. The van der Waals surface area contributed by atoms with Gasteiger partial charge in [-0.15, -0.1) is 0 Å². The second-order valence-corrected chi connectivity index (χ2v) is 4.61. The van der Waals surface area contributed by atoms with E-state index in [0.717, 1.165) is 32.4 Å². The minimum Gasteiger partial charge on any atom is -0.480 e. The molecule has 1 heterocycles. The summed E-state index contributed by atoms with van der Waals surface area (Å²) in [6, 6.07) is 0. The van der Waals surface area contributed by atoms with Crippen molar-refractivity contribution < 1.29 is 14.7 Å². The standard InChI is InChI=1S/C12H22N2O3/c1-2-7-14(9-12(16)17)11(15)4-3-10-5-6-13-8-10/h10,13H,2-9H2,1H3,(H,16,17). The molecule has 0 aromatic heterocycles. The second kappa shape index (κ2) is 7.27. The van der Waals surface area contributed by atoms with E-state index in [2.05, 4.69) is 5.32 Å². The number of amides is 1. The van der Waals surface area contributed by atoms with E-state index in [1.165, 1.54) is 4.90 Å². The molecule has 1 saturated heterocycles. The van der Waals surface area contributed by atoms with Gasteiger partial charge in [0.2, 0.25) is 5.91 Å². The van der Waals surface area contributed by atoms with Crippen LogP contribution in [0.1, 0.15) is 32.6 Å². The zero-order valence-electron chi connectivity index (χ0n) is 10.4. The first-order chi connectivity index (χ1) is 8.13. The number of hydrogen-bond donors (Lipinski definition) is 2. The molecule has 0 aliphatic carbocycles. The van der Waals surface area contributed by atoms with Gasteiger partial charge in [-0.25, -0.2) is 0 Å². The van der Waals surface area contributed by atoms with Crippen molar-refractivity contribution in [3.05, 3.63) is 0 Å². The predicted molar refractivity (Wildman–Crippen MR) is 64.7 cm³/mol. The number of aliphatic carboxylic acids is 1. The summed E-state index contributed by atoms with van der Waals surface area (Å²) in [7, 11) is 0. The number of nitrogens with zero attached hydrogens (tertiary/aromatic N) is 1. The monoisotopic (exact) mass is 242 g/mol. The Labute approximate surface area is 102 Å². The maximum absolute atomic E-state index is 11.9. The van der Waals surface area contributed by atoms with E-state index in [1.807, 2.05) is 6.92 Å². The molecule has 0 bridgehead atoms. The highest BCUT2D eigenvalue weighted by atomic mass is 16.4. The summed E-state index contributed by atoms with van der Waals surface area (Å²) < 4.78 is 0. The first-order valence-corrected chi connectivity index (χ1v) is 6.33. The van der Waals surface area contributed by atoms with Crippen LogP contribution in [-0.4, -0.2) is 48.1 Å². The largest absolute Gasteiger partial charge is 0.480 e. The molecule has 1 unspecified atom stereocenters. The predicted octanol–water partition coefficient (Wildman–Crippen LogP) is 0.699. The fraction of sp³-hybridized carbons (Fsp3) is 0.833. The van der Waals surface area contributed by atoms with Crippen molar-refractivity contribution in [2.75, 3.05) is 26.2 Å². The van der Waals surface area contributed by atoms with Gasteiger partial charge in [0.15, 0.2) is 0 Å². The summed E-state index contributed by atoms with van der Waals surface area (Å²) >= 11 is 0. The zero-order chi connectivity index (χ0) is 12.7. The Kier molecular flexibility index (Phi) is 5.97. The first-order valence-electron chi connectivity index (χ1n) is 6.33. The molecule has 1 aliphatic rings. The fourth-order valence-corrected chi connectivity index (χ4v) is 2.17. The Morgan fingerprint density at radius 2 is 2.24 bits per heavy atom. The number of carbonyl (C=O) groups excluding carboxylic acids is 1. The molecule has 1 atom stereocenters. The van der Waals surface area contributed by atoms with Crippen LogP contribution in [0.4, 0.5) is 0 Å². The van der Waals surface area contributed by atoms with Gasteiger partial charge in [0.25, 0.3) is 0 Å². The molecule has 2 N–H and O–H groups in total. The number of rotatable bonds is 7. The molecule has 1 fully saturated rings. The SMILES string of the molecule is CCCN(CC(=O)O)C(=O)CCC1CCNC1. The Bertz CT molecular complexity index is 262. The van der Waals surface area contributed by atoms with Crippen LogP contribution in [0.25, 0.3) is 0 Å². The lowest BCUT2D eigenvalue weighted by Gasteiger charge is -2.20. The van der Waals surface area contributed by atoms with Crippen molar-refractivity contribution in [2.45, 2.75) is 32.6 Å². The van der Waals surface area contributed by atoms with Gasteiger partial charge in [-0.1, -0.05) is 6.92 Å². The molecule has 1 amide bonds. The van der Waals surface area contributed by atoms with Crippen LogP contribution >= 0.6 is 0 Å². The van der Waals surface area contributed by atoms with E-state index in [9.17, 15) is 9.59 Å². The van der Waals surface area contributed by atoms with Gasteiger partial charge in [-0.3, -0.25) is 9.59 Å². The number of carboxylic acids is 1. The number of carboxylic acid groups (broad SMARTS) is 1. The van der Waals surface area contributed by atoms with Crippen molar-refractivity contribution in [1.82, 2.24) is 10.2 Å². The van der Waals surface area contributed by atoms with Crippen molar-refractivity contribution in [2.24, 2.45) is 5.92 Å². The lowest BCUT2D eigenvalue weighted by Crippen LogP contribution is -2.36. The van der Waals surface area contributed by atoms with Crippen molar-refractivity contribution in [3.8, 4) is 0 Å². The zero-order valence-corrected chi connectivity index (χ0v) is 10.4. The molecule has 1 rings (SSSR count). The third kappa shape index (κ3) is 5.17. The maximum atomic E-state index is 11.9. The minimum atomic E-state index is -0.936. The highest BCUT2D eigenvalue weighted by Gasteiger charge is 2.19. The number of hydrogen-bond acceptors (Lipinski definition) is 3. The molecule has 0 radical (unpaired) electrons. The fourth-order valence-electron chi connectivity index (χ4n) is 2.17. The lowest BCUT2D eigenvalue weighted by atomic mass is 10.0. The Hall–Kier alpha value is -1.10. The molecular formula is C12H22N2O3.